The van der Waals surface area contributed by atoms with Crippen molar-refractivity contribution in [1.82, 2.24) is 14.8 Å². The lowest BCUT2D eigenvalue weighted by Crippen LogP contribution is -2.38. The van der Waals surface area contributed by atoms with Gasteiger partial charge < -0.3 is 14.5 Å². The molecule has 1 fully saturated rings. The fourth-order valence-corrected chi connectivity index (χ4v) is 3.50. The van der Waals surface area contributed by atoms with Gasteiger partial charge >= 0.3 is 0 Å². The maximum absolute atomic E-state index is 13.1. The smallest absolute Gasteiger partial charge is 0.272 e. The predicted molar refractivity (Wildman–Crippen MR) is 103 cm³/mol. The van der Waals surface area contributed by atoms with E-state index in [1.807, 2.05) is 30.9 Å². The molecule has 0 bridgehead atoms. The molecule has 2 aromatic rings. The molecule has 6 nitrogen and oxygen atoms in total. The third kappa shape index (κ3) is 4.10. The third-order valence-corrected chi connectivity index (χ3v) is 4.83. The van der Waals surface area contributed by atoms with Gasteiger partial charge in [0, 0.05) is 32.4 Å². The number of carbonyl (C=O) groups excluding carboxylic acids is 2. The topological polar surface area (TPSA) is 62.7 Å². The van der Waals surface area contributed by atoms with E-state index in [9.17, 15) is 9.59 Å². The average Bonchev–Trinajstić information content (AvgIpc) is 2.93. The number of hydrogen-bond donors (Lipinski definition) is 0. The molecule has 0 spiro atoms. The number of carbonyl (C=O) groups is 2. The number of benzene rings is 1. The average molecular weight is 367 g/mol. The Morgan fingerprint density at radius 1 is 1.00 bits per heavy atom. The SMILES string of the molecule is COc1cc(C)cc(C)c1C(=O)N1CCCN(C(=O)c2ccccn2)CC1. The number of nitrogens with zero attached hydrogens (tertiary/aromatic N) is 3. The van der Waals surface area contributed by atoms with Crippen LogP contribution in [0, 0.1) is 13.8 Å². The fourth-order valence-electron chi connectivity index (χ4n) is 3.50. The second kappa shape index (κ2) is 8.20. The van der Waals surface area contributed by atoms with Crippen LogP contribution in [-0.2, 0) is 0 Å². The molecule has 27 heavy (non-hydrogen) atoms. The van der Waals surface area contributed by atoms with Crippen molar-refractivity contribution in [2.45, 2.75) is 20.3 Å². The van der Waals surface area contributed by atoms with Gasteiger partial charge in [-0.15, -0.1) is 0 Å². The maximum atomic E-state index is 13.1. The Labute approximate surface area is 159 Å². The van der Waals surface area contributed by atoms with Gasteiger partial charge in [-0.2, -0.15) is 0 Å². The van der Waals surface area contributed by atoms with Crippen molar-refractivity contribution < 1.29 is 14.3 Å². The first kappa shape index (κ1) is 18.9. The van der Waals surface area contributed by atoms with Crippen LogP contribution >= 0.6 is 0 Å². The number of pyridine rings is 1. The fraction of sp³-hybridized carbons (Fsp3) is 0.381. The molecule has 2 amide bonds. The lowest BCUT2D eigenvalue weighted by Gasteiger charge is -2.23. The molecule has 1 aromatic carbocycles. The summed E-state index contributed by atoms with van der Waals surface area (Å²) >= 11 is 0. The summed E-state index contributed by atoms with van der Waals surface area (Å²) in [6, 6.07) is 9.19. The number of aromatic nitrogens is 1. The van der Waals surface area contributed by atoms with Gasteiger partial charge in [0.15, 0.2) is 0 Å². The zero-order chi connectivity index (χ0) is 19.4. The number of aryl methyl sites for hydroxylation is 2. The van der Waals surface area contributed by atoms with Crippen LogP contribution in [0.15, 0.2) is 36.5 Å². The summed E-state index contributed by atoms with van der Waals surface area (Å²) in [6.07, 6.45) is 2.35. The molecule has 0 saturated carbocycles. The summed E-state index contributed by atoms with van der Waals surface area (Å²) in [7, 11) is 1.58. The van der Waals surface area contributed by atoms with Crippen LogP contribution in [0.1, 0.15) is 38.4 Å². The third-order valence-electron chi connectivity index (χ3n) is 4.83. The zero-order valence-corrected chi connectivity index (χ0v) is 16.1. The molecule has 2 heterocycles. The number of hydrogen-bond acceptors (Lipinski definition) is 4. The van der Waals surface area contributed by atoms with Crippen LogP contribution in [0.25, 0.3) is 0 Å². The maximum Gasteiger partial charge on any atom is 0.272 e. The minimum atomic E-state index is -0.0889. The molecule has 1 saturated heterocycles. The molecule has 0 aliphatic carbocycles. The van der Waals surface area contributed by atoms with Crippen LogP contribution in [-0.4, -0.2) is 59.9 Å². The monoisotopic (exact) mass is 367 g/mol. The number of rotatable bonds is 3. The van der Waals surface area contributed by atoms with Gasteiger partial charge in [0.1, 0.15) is 11.4 Å². The molecule has 6 heteroatoms. The van der Waals surface area contributed by atoms with Gasteiger partial charge in [-0.3, -0.25) is 14.6 Å². The minimum absolute atomic E-state index is 0.0449. The highest BCUT2D eigenvalue weighted by atomic mass is 16.5. The van der Waals surface area contributed by atoms with Gasteiger partial charge in [0.05, 0.1) is 12.7 Å². The van der Waals surface area contributed by atoms with E-state index in [1.165, 1.54) is 0 Å². The highest BCUT2D eigenvalue weighted by Gasteiger charge is 2.26. The molecule has 0 radical (unpaired) electrons. The van der Waals surface area contributed by atoms with Crippen molar-refractivity contribution in [3.63, 3.8) is 0 Å². The van der Waals surface area contributed by atoms with Crippen molar-refractivity contribution in [1.29, 1.82) is 0 Å². The quantitative estimate of drug-likeness (QED) is 0.837. The minimum Gasteiger partial charge on any atom is -0.496 e. The normalized spacial score (nSPS) is 14.6. The van der Waals surface area contributed by atoms with Gasteiger partial charge in [0.2, 0.25) is 0 Å². The standard InChI is InChI=1S/C21H25N3O3/c1-15-13-16(2)19(18(14-15)27-3)21(26)24-10-6-9-23(11-12-24)20(25)17-7-4-5-8-22-17/h4-5,7-8,13-14H,6,9-12H2,1-3H3. The van der Waals surface area contributed by atoms with Crippen molar-refractivity contribution in [3.05, 3.63) is 58.9 Å². The van der Waals surface area contributed by atoms with Crippen molar-refractivity contribution in [2.24, 2.45) is 0 Å². The summed E-state index contributed by atoms with van der Waals surface area (Å²) < 4.78 is 5.45. The van der Waals surface area contributed by atoms with E-state index in [1.54, 1.807) is 36.4 Å². The van der Waals surface area contributed by atoms with Crippen molar-refractivity contribution >= 4 is 11.8 Å². The van der Waals surface area contributed by atoms with E-state index >= 15 is 0 Å². The van der Waals surface area contributed by atoms with Crippen LogP contribution in [0.2, 0.25) is 0 Å². The second-order valence-electron chi connectivity index (χ2n) is 6.81. The number of ether oxygens (including phenoxy) is 1. The molecular formula is C21H25N3O3. The summed E-state index contributed by atoms with van der Waals surface area (Å²) in [6.45, 7) is 6.13. The largest absolute Gasteiger partial charge is 0.496 e. The molecule has 142 valence electrons. The molecule has 3 rings (SSSR count). The predicted octanol–water partition coefficient (Wildman–Crippen LogP) is 2.70. The van der Waals surface area contributed by atoms with Crippen LogP contribution in [0.5, 0.6) is 5.75 Å². The molecule has 1 aliphatic rings. The molecule has 0 unspecified atom stereocenters. The van der Waals surface area contributed by atoms with E-state index < -0.39 is 0 Å². The molecule has 0 atom stereocenters. The summed E-state index contributed by atoms with van der Waals surface area (Å²) in [4.78, 5) is 33.5. The van der Waals surface area contributed by atoms with Gasteiger partial charge in [-0.1, -0.05) is 12.1 Å². The lowest BCUT2D eigenvalue weighted by molar-refractivity contribution is 0.0713. The molecule has 1 aromatic heterocycles. The molecule has 0 N–H and O–H groups in total. The second-order valence-corrected chi connectivity index (χ2v) is 6.81. The molecule has 1 aliphatic heterocycles. The van der Waals surface area contributed by atoms with Gasteiger partial charge in [0.25, 0.3) is 11.8 Å². The highest BCUT2D eigenvalue weighted by Crippen LogP contribution is 2.26. The summed E-state index contributed by atoms with van der Waals surface area (Å²) in [5.41, 5.74) is 3.01. The van der Waals surface area contributed by atoms with E-state index in [0.29, 0.717) is 43.2 Å². The van der Waals surface area contributed by atoms with E-state index in [2.05, 4.69) is 4.98 Å². The Kier molecular flexibility index (Phi) is 5.74. The Hall–Kier alpha value is -2.89. The van der Waals surface area contributed by atoms with E-state index in [0.717, 1.165) is 17.5 Å². The van der Waals surface area contributed by atoms with Crippen LogP contribution < -0.4 is 4.74 Å². The molecular weight excluding hydrogens is 342 g/mol. The van der Waals surface area contributed by atoms with E-state index in [4.69, 9.17) is 4.74 Å². The first-order chi connectivity index (χ1) is 13.0. The Morgan fingerprint density at radius 2 is 1.70 bits per heavy atom. The Morgan fingerprint density at radius 3 is 2.33 bits per heavy atom. The first-order valence-corrected chi connectivity index (χ1v) is 9.16. The Balaban J connectivity index is 1.75. The van der Waals surface area contributed by atoms with Crippen LogP contribution in [0.4, 0.5) is 0 Å². The first-order valence-electron chi connectivity index (χ1n) is 9.16. The van der Waals surface area contributed by atoms with Crippen molar-refractivity contribution in [2.75, 3.05) is 33.3 Å². The van der Waals surface area contributed by atoms with Gasteiger partial charge in [-0.05, 0) is 49.6 Å². The summed E-state index contributed by atoms with van der Waals surface area (Å²) in [5.74, 6) is 0.466. The number of amides is 2. The van der Waals surface area contributed by atoms with Gasteiger partial charge in [-0.25, -0.2) is 0 Å². The number of methoxy groups -OCH3 is 1. The zero-order valence-electron chi connectivity index (χ0n) is 16.1. The van der Waals surface area contributed by atoms with E-state index in [-0.39, 0.29) is 11.8 Å². The lowest BCUT2D eigenvalue weighted by atomic mass is 10.0. The van der Waals surface area contributed by atoms with Crippen molar-refractivity contribution in [3.8, 4) is 5.75 Å². The highest BCUT2D eigenvalue weighted by molar-refractivity contribution is 5.98. The summed E-state index contributed by atoms with van der Waals surface area (Å²) in [5, 5.41) is 0. The van der Waals surface area contributed by atoms with Crippen LogP contribution in [0.3, 0.4) is 0 Å². The Bertz CT molecular complexity index is 836.